The van der Waals surface area contributed by atoms with E-state index in [9.17, 15) is 9.90 Å². The van der Waals surface area contributed by atoms with E-state index in [0.29, 0.717) is 22.6 Å². The number of aromatic nitrogens is 3. The van der Waals surface area contributed by atoms with Crippen LogP contribution < -0.4 is 4.90 Å². The Hall–Kier alpha value is -3.11. The Kier molecular flexibility index (Phi) is 7.85. The van der Waals surface area contributed by atoms with Crippen molar-refractivity contribution in [1.82, 2.24) is 19.9 Å². The largest absolute Gasteiger partial charge is 0.479 e. The van der Waals surface area contributed by atoms with Crippen LogP contribution in [0.2, 0.25) is 5.02 Å². The molecule has 1 N–H and O–H groups in total. The second kappa shape index (κ2) is 11.0. The Balaban J connectivity index is 1.66. The normalized spacial score (nSPS) is 16.7. The van der Waals surface area contributed by atoms with E-state index in [2.05, 4.69) is 28.9 Å². The molecule has 8 nitrogen and oxygen atoms in total. The fraction of sp³-hybridized carbons (Fsp3) is 0.400. The highest BCUT2D eigenvalue weighted by atomic mass is 35.5. The lowest BCUT2D eigenvalue weighted by Crippen LogP contribution is -2.32. The number of likely N-dealkylation sites (N-methyl/N-ethyl adjacent to an activating group) is 1. The third kappa shape index (κ3) is 5.83. The Morgan fingerprint density at radius 1 is 1.20 bits per heavy atom. The van der Waals surface area contributed by atoms with Crippen molar-refractivity contribution in [3.63, 3.8) is 0 Å². The maximum absolute atomic E-state index is 12.6. The molecule has 4 aromatic rings. The summed E-state index contributed by atoms with van der Waals surface area (Å²) < 4.78 is 6.99. The minimum absolute atomic E-state index is 0.468. The van der Waals surface area contributed by atoms with Crippen molar-refractivity contribution in [3.05, 3.63) is 58.7 Å². The molecule has 1 aliphatic heterocycles. The molecule has 0 bridgehead atoms. The van der Waals surface area contributed by atoms with Crippen LogP contribution in [0.5, 0.6) is 0 Å². The van der Waals surface area contributed by atoms with E-state index in [1.807, 2.05) is 64.1 Å². The van der Waals surface area contributed by atoms with Crippen LogP contribution in [0, 0.1) is 6.92 Å². The number of nitrogens with zero attached hydrogens (tertiary/aromatic N) is 5. The number of fused-ring (bicyclic) bond motifs is 1. The first-order valence-electron chi connectivity index (χ1n) is 13.3. The number of aliphatic carboxylic acids is 1. The fourth-order valence-electron chi connectivity index (χ4n) is 5.11. The van der Waals surface area contributed by atoms with E-state index < -0.39 is 17.7 Å². The van der Waals surface area contributed by atoms with Crippen LogP contribution in [0.4, 0.5) is 5.95 Å². The van der Waals surface area contributed by atoms with E-state index in [1.54, 1.807) is 6.20 Å². The number of carboxylic acids is 1. The Morgan fingerprint density at radius 2 is 1.93 bits per heavy atom. The zero-order valence-electron chi connectivity index (χ0n) is 23.6. The lowest BCUT2D eigenvalue weighted by atomic mass is 9.91. The number of ether oxygens (including phenoxy) is 1. The van der Waals surface area contributed by atoms with E-state index in [1.165, 1.54) is 11.3 Å². The zero-order valence-corrected chi connectivity index (χ0v) is 25.2. The zero-order chi connectivity index (χ0) is 28.8. The van der Waals surface area contributed by atoms with Crippen LogP contribution in [0.1, 0.15) is 44.4 Å². The van der Waals surface area contributed by atoms with Gasteiger partial charge in [-0.3, -0.25) is 0 Å². The Labute approximate surface area is 243 Å². The number of hydrogen-bond donors (Lipinski definition) is 1. The standard InChI is InChI=1S/C30H34ClN5O3S/c1-17-15-22-26(24(18-7-9-19(31)10-8-18)23(17)25(28(37)38)39-30(2,3)4)40-27(33-22)21-11-13-32-29(34-21)36-14-12-20(16-36)35(5)6/h7-11,13,15,20,25H,12,14,16H2,1-6H3,(H,37,38). The number of rotatable bonds is 7. The summed E-state index contributed by atoms with van der Waals surface area (Å²) in [4.78, 5) is 31.4. The molecule has 0 aliphatic carbocycles. The minimum atomic E-state index is -1.16. The van der Waals surface area contributed by atoms with E-state index in [0.717, 1.165) is 57.1 Å². The molecule has 0 saturated carbocycles. The highest BCUT2D eigenvalue weighted by Gasteiger charge is 2.32. The first kappa shape index (κ1) is 28.4. The third-order valence-electron chi connectivity index (χ3n) is 7.06. The van der Waals surface area contributed by atoms with Gasteiger partial charge in [0.25, 0.3) is 0 Å². The van der Waals surface area contributed by atoms with Crippen LogP contribution in [0.25, 0.3) is 32.0 Å². The van der Waals surface area contributed by atoms with Gasteiger partial charge in [-0.1, -0.05) is 23.7 Å². The van der Waals surface area contributed by atoms with E-state index in [4.69, 9.17) is 26.3 Å². The number of halogens is 1. The highest BCUT2D eigenvalue weighted by molar-refractivity contribution is 7.22. The van der Waals surface area contributed by atoms with Gasteiger partial charge in [0, 0.05) is 41.5 Å². The van der Waals surface area contributed by atoms with Gasteiger partial charge in [-0.2, -0.15) is 0 Å². The molecule has 210 valence electrons. The van der Waals surface area contributed by atoms with Crippen molar-refractivity contribution in [3.8, 4) is 21.8 Å². The molecule has 2 aromatic carbocycles. The monoisotopic (exact) mass is 579 g/mol. The molecule has 0 amide bonds. The predicted molar refractivity (Wildman–Crippen MR) is 161 cm³/mol. The molecule has 1 fully saturated rings. The smallest absolute Gasteiger partial charge is 0.337 e. The molecular weight excluding hydrogens is 546 g/mol. The van der Waals surface area contributed by atoms with Crippen molar-refractivity contribution in [1.29, 1.82) is 0 Å². The summed E-state index contributed by atoms with van der Waals surface area (Å²) in [7, 11) is 4.20. The molecule has 1 saturated heterocycles. The molecule has 1 aliphatic rings. The minimum Gasteiger partial charge on any atom is -0.479 e. The molecular formula is C30H34ClN5O3S. The summed E-state index contributed by atoms with van der Waals surface area (Å²) in [5.74, 6) is -0.347. The maximum atomic E-state index is 12.6. The van der Waals surface area contributed by atoms with Crippen LogP contribution in [-0.4, -0.2) is 69.8 Å². The van der Waals surface area contributed by atoms with Crippen LogP contribution >= 0.6 is 22.9 Å². The van der Waals surface area contributed by atoms with E-state index >= 15 is 0 Å². The highest BCUT2D eigenvalue weighted by Crippen LogP contribution is 2.44. The van der Waals surface area contributed by atoms with Gasteiger partial charge in [0.2, 0.25) is 5.95 Å². The van der Waals surface area contributed by atoms with Crippen molar-refractivity contribution < 1.29 is 14.6 Å². The van der Waals surface area contributed by atoms with Gasteiger partial charge in [-0.05, 0) is 83.6 Å². The van der Waals surface area contributed by atoms with E-state index in [-0.39, 0.29) is 0 Å². The van der Waals surface area contributed by atoms with Crippen LogP contribution in [-0.2, 0) is 9.53 Å². The van der Waals surface area contributed by atoms with Crippen LogP contribution in [0.15, 0.2) is 42.6 Å². The third-order valence-corrected chi connectivity index (χ3v) is 8.42. The Bertz CT molecular complexity index is 1550. The number of anilines is 1. The Morgan fingerprint density at radius 3 is 2.55 bits per heavy atom. The number of hydrogen-bond acceptors (Lipinski definition) is 8. The number of thiazole rings is 1. The molecule has 2 atom stereocenters. The van der Waals surface area contributed by atoms with Gasteiger partial charge in [-0.15, -0.1) is 11.3 Å². The fourth-order valence-corrected chi connectivity index (χ4v) is 6.33. The second-order valence-corrected chi connectivity index (χ2v) is 12.8. The summed E-state index contributed by atoms with van der Waals surface area (Å²) in [5.41, 5.74) is 3.89. The first-order valence-corrected chi connectivity index (χ1v) is 14.5. The first-order chi connectivity index (χ1) is 18.9. The summed E-state index contributed by atoms with van der Waals surface area (Å²) in [6.45, 7) is 9.27. The van der Waals surface area contributed by atoms with Gasteiger partial charge >= 0.3 is 5.97 Å². The lowest BCUT2D eigenvalue weighted by Gasteiger charge is -2.28. The van der Waals surface area contributed by atoms with Gasteiger partial charge in [0.15, 0.2) is 6.10 Å². The number of aryl methyl sites for hydroxylation is 1. The lowest BCUT2D eigenvalue weighted by molar-refractivity contribution is -0.160. The average Bonchev–Trinajstić information content (AvgIpc) is 3.55. The average molecular weight is 580 g/mol. The van der Waals surface area contributed by atoms with Crippen molar-refractivity contribution in [2.24, 2.45) is 0 Å². The van der Waals surface area contributed by atoms with Crippen LogP contribution in [0.3, 0.4) is 0 Å². The predicted octanol–water partition coefficient (Wildman–Crippen LogP) is 6.46. The quantitative estimate of drug-likeness (QED) is 0.266. The number of benzene rings is 2. The molecule has 2 unspecified atom stereocenters. The molecule has 40 heavy (non-hydrogen) atoms. The summed E-state index contributed by atoms with van der Waals surface area (Å²) in [6, 6.07) is 11.7. The summed E-state index contributed by atoms with van der Waals surface area (Å²) in [6.07, 6.45) is 1.68. The molecule has 5 rings (SSSR count). The van der Waals surface area contributed by atoms with Crippen molar-refractivity contribution in [2.75, 3.05) is 32.1 Å². The SMILES string of the molecule is Cc1cc2nc(-c3ccnc(N4CCC(N(C)C)C4)n3)sc2c(-c2ccc(Cl)cc2)c1C(OC(C)(C)C)C(=O)O. The number of carboxylic acid groups (broad SMARTS) is 1. The van der Waals surface area contributed by atoms with Gasteiger partial charge in [0.1, 0.15) is 10.7 Å². The summed E-state index contributed by atoms with van der Waals surface area (Å²) >= 11 is 7.71. The molecule has 0 spiro atoms. The number of carbonyl (C=O) groups is 1. The second-order valence-electron chi connectivity index (χ2n) is 11.4. The van der Waals surface area contributed by atoms with Gasteiger partial charge < -0.3 is 19.6 Å². The maximum Gasteiger partial charge on any atom is 0.337 e. The van der Waals surface area contributed by atoms with Crippen molar-refractivity contribution in [2.45, 2.75) is 51.9 Å². The molecule has 2 aromatic heterocycles. The van der Waals surface area contributed by atoms with Crippen molar-refractivity contribution >= 4 is 45.1 Å². The molecule has 0 radical (unpaired) electrons. The summed E-state index contributed by atoms with van der Waals surface area (Å²) in [5, 5.41) is 11.6. The molecule has 3 heterocycles. The molecule has 10 heteroatoms. The van der Waals surface area contributed by atoms with Gasteiger partial charge in [0.05, 0.1) is 15.8 Å². The van der Waals surface area contributed by atoms with Gasteiger partial charge in [-0.25, -0.2) is 19.7 Å². The topological polar surface area (TPSA) is 91.7 Å².